The third-order valence-corrected chi connectivity index (χ3v) is 4.19. The van der Waals surface area contributed by atoms with Crippen molar-refractivity contribution < 1.29 is 9.53 Å². The summed E-state index contributed by atoms with van der Waals surface area (Å²) in [6.45, 7) is 0.331. The van der Waals surface area contributed by atoms with Gasteiger partial charge in [-0.25, -0.2) is 0 Å². The van der Waals surface area contributed by atoms with Gasteiger partial charge in [-0.05, 0) is 52.9 Å². The van der Waals surface area contributed by atoms with Crippen LogP contribution < -0.4 is 4.74 Å². The first-order chi connectivity index (χ1) is 10.2. The van der Waals surface area contributed by atoms with E-state index in [1.165, 1.54) is 0 Å². The molecule has 0 fully saturated rings. The molecule has 21 heavy (non-hydrogen) atoms. The van der Waals surface area contributed by atoms with E-state index in [0.29, 0.717) is 6.54 Å². The lowest BCUT2D eigenvalue weighted by atomic mass is 10.1. The van der Waals surface area contributed by atoms with Crippen LogP contribution in [0.3, 0.4) is 0 Å². The number of aromatic nitrogens is 1. The van der Waals surface area contributed by atoms with E-state index in [0.717, 1.165) is 25.8 Å². The van der Waals surface area contributed by atoms with Crippen molar-refractivity contribution in [2.24, 2.45) is 0 Å². The molecule has 1 heterocycles. The van der Waals surface area contributed by atoms with Crippen LogP contribution in [-0.4, -0.2) is 17.5 Å². The van der Waals surface area contributed by atoms with Crippen molar-refractivity contribution in [2.75, 3.05) is 7.11 Å². The second kappa shape index (κ2) is 5.89. The molecular weight excluding hydrogens is 377 g/mol. The van der Waals surface area contributed by atoms with Gasteiger partial charge in [0.1, 0.15) is 5.75 Å². The van der Waals surface area contributed by atoms with Gasteiger partial charge in [0.2, 0.25) is 0 Å². The third kappa shape index (κ3) is 2.81. The minimum absolute atomic E-state index is 0.103. The first kappa shape index (κ1) is 14.1. The van der Waals surface area contributed by atoms with Crippen molar-refractivity contribution in [3.8, 4) is 5.75 Å². The average molecular weight is 391 g/mol. The van der Waals surface area contributed by atoms with Gasteiger partial charge >= 0.3 is 0 Å². The lowest BCUT2D eigenvalue weighted by Crippen LogP contribution is -2.09. The molecule has 0 radical (unpaired) electrons. The van der Waals surface area contributed by atoms with E-state index in [9.17, 15) is 4.79 Å². The van der Waals surface area contributed by atoms with Crippen LogP contribution in [0.1, 0.15) is 10.4 Å². The molecule has 0 aliphatic rings. The van der Waals surface area contributed by atoms with E-state index in [-0.39, 0.29) is 5.78 Å². The van der Waals surface area contributed by atoms with E-state index >= 15 is 0 Å². The van der Waals surface area contributed by atoms with E-state index in [1.807, 2.05) is 59.3 Å². The molecule has 0 aliphatic carbocycles. The highest BCUT2D eigenvalue weighted by atomic mass is 127. The molecule has 2 aromatic carbocycles. The average Bonchev–Trinajstić information content (AvgIpc) is 2.91. The summed E-state index contributed by atoms with van der Waals surface area (Å²) in [6, 6.07) is 15.5. The SMILES string of the molecule is COc1cccc2c1ccn2CC(=O)c1ccc(I)cc1. The van der Waals surface area contributed by atoms with Crippen molar-refractivity contribution >= 4 is 39.3 Å². The van der Waals surface area contributed by atoms with E-state index in [2.05, 4.69) is 22.6 Å². The number of ketones is 1. The van der Waals surface area contributed by atoms with E-state index < -0.39 is 0 Å². The molecule has 0 spiro atoms. The molecule has 4 heteroatoms. The maximum Gasteiger partial charge on any atom is 0.182 e. The van der Waals surface area contributed by atoms with Crippen molar-refractivity contribution in [1.82, 2.24) is 4.57 Å². The van der Waals surface area contributed by atoms with Crippen LogP contribution in [0.5, 0.6) is 5.75 Å². The predicted octanol–water partition coefficient (Wildman–Crippen LogP) is 4.14. The quantitative estimate of drug-likeness (QED) is 0.495. The minimum Gasteiger partial charge on any atom is -0.496 e. The number of ether oxygens (including phenoxy) is 1. The van der Waals surface area contributed by atoms with Crippen molar-refractivity contribution in [3.63, 3.8) is 0 Å². The highest BCUT2D eigenvalue weighted by Gasteiger charge is 2.10. The van der Waals surface area contributed by atoms with Crippen molar-refractivity contribution in [3.05, 3.63) is 63.9 Å². The zero-order valence-corrected chi connectivity index (χ0v) is 13.7. The molecular formula is C17H14INO2. The number of methoxy groups -OCH3 is 1. The number of nitrogens with zero attached hydrogens (tertiary/aromatic N) is 1. The van der Waals surface area contributed by atoms with Crippen LogP contribution in [0.2, 0.25) is 0 Å². The standard InChI is InChI=1S/C17H14INO2/c1-21-17-4-2-3-15-14(17)9-10-19(15)11-16(20)12-5-7-13(18)8-6-12/h2-10H,11H2,1H3. The molecule has 3 aromatic rings. The third-order valence-electron chi connectivity index (χ3n) is 3.47. The van der Waals surface area contributed by atoms with Crippen LogP contribution in [-0.2, 0) is 6.54 Å². The zero-order valence-electron chi connectivity index (χ0n) is 11.5. The summed E-state index contributed by atoms with van der Waals surface area (Å²) in [4.78, 5) is 12.4. The molecule has 0 aliphatic heterocycles. The van der Waals surface area contributed by atoms with Gasteiger partial charge in [-0.2, -0.15) is 0 Å². The Bertz CT molecular complexity index is 790. The number of fused-ring (bicyclic) bond motifs is 1. The molecule has 0 amide bonds. The van der Waals surface area contributed by atoms with Gasteiger partial charge in [-0.3, -0.25) is 4.79 Å². The molecule has 0 N–H and O–H groups in total. The summed E-state index contributed by atoms with van der Waals surface area (Å²) >= 11 is 2.23. The van der Waals surface area contributed by atoms with Crippen LogP contribution in [0, 0.1) is 3.57 Å². The number of hydrogen-bond acceptors (Lipinski definition) is 2. The summed E-state index contributed by atoms with van der Waals surface area (Å²) in [6.07, 6.45) is 1.93. The maximum atomic E-state index is 12.4. The second-order valence-corrected chi connectivity index (χ2v) is 6.01. The fraction of sp³-hybridized carbons (Fsp3) is 0.118. The van der Waals surface area contributed by atoms with Gasteiger partial charge in [-0.15, -0.1) is 0 Å². The number of carbonyl (C=O) groups is 1. The number of benzene rings is 2. The largest absolute Gasteiger partial charge is 0.496 e. The lowest BCUT2D eigenvalue weighted by Gasteiger charge is -2.06. The van der Waals surface area contributed by atoms with Crippen LogP contribution in [0.4, 0.5) is 0 Å². The highest BCUT2D eigenvalue weighted by Crippen LogP contribution is 2.26. The minimum atomic E-state index is 0.103. The molecule has 1 aromatic heterocycles. The van der Waals surface area contributed by atoms with Gasteiger partial charge in [0.25, 0.3) is 0 Å². The molecule has 106 valence electrons. The van der Waals surface area contributed by atoms with Gasteiger partial charge in [0, 0.05) is 20.7 Å². The first-order valence-corrected chi connectivity index (χ1v) is 7.67. The van der Waals surface area contributed by atoms with Crippen LogP contribution >= 0.6 is 22.6 Å². The summed E-state index contributed by atoms with van der Waals surface area (Å²) < 4.78 is 8.43. The van der Waals surface area contributed by atoms with Gasteiger partial charge in [0.15, 0.2) is 5.78 Å². The maximum absolute atomic E-state index is 12.4. The van der Waals surface area contributed by atoms with Gasteiger partial charge in [-0.1, -0.05) is 18.2 Å². The Morgan fingerprint density at radius 3 is 2.62 bits per heavy atom. The monoisotopic (exact) mass is 391 g/mol. The number of hydrogen-bond donors (Lipinski definition) is 0. The number of carbonyl (C=O) groups excluding carboxylic acids is 1. The topological polar surface area (TPSA) is 31.2 Å². The predicted molar refractivity (Wildman–Crippen MR) is 92.0 cm³/mol. The summed E-state index contributed by atoms with van der Waals surface area (Å²) in [5.74, 6) is 0.930. The number of halogens is 1. The Morgan fingerprint density at radius 2 is 1.90 bits per heavy atom. The molecule has 0 unspecified atom stereocenters. The van der Waals surface area contributed by atoms with Gasteiger partial charge in [0.05, 0.1) is 19.2 Å². The van der Waals surface area contributed by atoms with E-state index in [4.69, 9.17) is 4.74 Å². The number of rotatable bonds is 4. The van der Waals surface area contributed by atoms with Crippen LogP contribution in [0.25, 0.3) is 10.9 Å². The lowest BCUT2D eigenvalue weighted by molar-refractivity contribution is 0.0973. The Labute approximate surface area is 136 Å². The smallest absolute Gasteiger partial charge is 0.182 e. The Kier molecular flexibility index (Phi) is 3.96. The van der Waals surface area contributed by atoms with Crippen molar-refractivity contribution in [1.29, 1.82) is 0 Å². The van der Waals surface area contributed by atoms with E-state index in [1.54, 1.807) is 7.11 Å². The molecule has 0 atom stereocenters. The molecule has 3 nitrogen and oxygen atoms in total. The fourth-order valence-electron chi connectivity index (χ4n) is 2.39. The molecule has 0 saturated carbocycles. The van der Waals surface area contributed by atoms with Crippen LogP contribution in [0.15, 0.2) is 54.7 Å². The normalized spacial score (nSPS) is 10.8. The Hall–Kier alpha value is -1.82. The summed E-state index contributed by atoms with van der Waals surface area (Å²) in [5.41, 5.74) is 1.74. The Balaban J connectivity index is 1.91. The first-order valence-electron chi connectivity index (χ1n) is 6.59. The van der Waals surface area contributed by atoms with Gasteiger partial charge < -0.3 is 9.30 Å². The second-order valence-electron chi connectivity index (χ2n) is 4.77. The molecule has 0 saturated heterocycles. The molecule has 3 rings (SSSR count). The zero-order chi connectivity index (χ0) is 14.8. The number of Topliss-reactive ketones (excluding diaryl/α,β-unsaturated/α-hetero) is 1. The highest BCUT2D eigenvalue weighted by molar-refractivity contribution is 14.1. The Morgan fingerprint density at radius 1 is 1.14 bits per heavy atom. The fourth-order valence-corrected chi connectivity index (χ4v) is 2.75. The summed E-state index contributed by atoms with van der Waals surface area (Å²) in [5, 5.41) is 1.02. The van der Waals surface area contributed by atoms with Crippen molar-refractivity contribution in [2.45, 2.75) is 6.54 Å². The summed E-state index contributed by atoms with van der Waals surface area (Å²) in [7, 11) is 1.66. The molecule has 0 bridgehead atoms.